The Morgan fingerprint density at radius 3 is 3.05 bits per heavy atom. The van der Waals surface area contributed by atoms with Crippen molar-refractivity contribution in [3.63, 3.8) is 0 Å². The first-order chi connectivity index (χ1) is 9.29. The number of aryl methyl sites for hydroxylation is 1. The number of aromatic nitrogens is 2. The van der Waals surface area contributed by atoms with Gasteiger partial charge in [-0.15, -0.1) is 22.9 Å². The van der Waals surface area contributed by atoms with Crippen molar-refractivity contribution in [1.82, 2.24) is 9.97 Å². The van der Waals surface area contributed by atoms with Crippen LogP contribution in [0.5, 0.6) is 0 Å². The van der Waals surface area contributed by atoms with E-state index in [0.717, 1.165) is 23.8 Å². The van der Waals surface area contributed by atoms with Crippen molar-refractivity contribution < 1.29 is 0 Å². The van der Waals surface area contributed by atoms with Crippen LogP contribution in [-0.2, 0) is 0 Å². The molecule has 2 heterocycles. The van der Waals surface area contributed by atoms with Crippen LogP contribution in [0, 0.1) is 18.8 Å². The highest BCUT2D eigenvalue weighted by molar-refractivity contribution is 7.18. The quantitative estimate of drug-likeness (QED) is 0.864. The fraction of sp³-hybridized carbons (Fsp3) is 0.571. The van der Waals surface area contributed by atoms with E-state index in [2.05, 4.69) is 27.6 Å². The zero-order chi connectivity index (χ0) is 13.2. The van der Waals surface area contributed by atoms with Crippen LogP contribution in [0.2, 0.25) is 0 Å². The minimum atomic E-state index is 0.663. The zero-order valence-electron chi connectivity index (χ0n) is 11.0. The van der Waals surface area contributed by atoms with Gasteiger partial charge in [-0.3, -0.25) is 0 Å². The smallest absolute Gasteiger partial charge is 0.147 e. The first-order valence-electron chi connectivity index (χ1n) is 6.78. The van der Waals surface area contributed by atoms with E-state index in [1.807, 2.05) is 0 Å². The van der Waals surface area contributed by atoms with Gasteiger partial charge in [0, 0.05) is 12.4 Å². The molecule has 102 valence electrons. The number of hydrogen-bond donors (Lipinski definition) is 1. The van der Waals surface area contributed by atoms with Crippen LogP contribution in [0.3, 0.4) is 0 Å². The first-order valence-corrected chi connectivity index (χ1v) is 8.19. The van der Waals surface area contributed by atoms with Gasteiger partial charge in [0.05, 0.1) is 10.2 Å². The highest BCUT2D eigenvalue weighted by Gasteiger charge is 2.26. The second-order valence-corrected chi connectivity index (χ2v) is 6.49. The van der Waals surface area contributed by atoms with Crippen molar-refractivity contribution in [2.45, 2.75) is 26.2 Å². The van der Waals surface area contributed by atoms with E-state index in [1.54, 1.807) is 17.7 Å². The lowest BCUT2D eigenvalue weighted by molar-refractivity contribution is 0.444. The van der Waals surface area contributed by atoms with Gasteiger partial charge in [0.15, 0.2) is 0 Å². The second-order valence-electron chi connectivity index (χ2n) is 5.30. The van der Waals surface area contributed by atoms with Gasteiger partial charge in [-0.2, -0.15) is 0 Å². The van der Waals surface area contributed by atoms with Crippen LogP contribution < -0.4 is 5.32 Å². The summed E-state index contributed by atoms with van der Waals surface area (Å²) in [6, 6.07) is 0. The van der Waals surface area contributed by atoms with Crippen LogP contribution in [0.15, 0.2) is 11.7 Å². The maximum Gasteiger partial charge on any atom is 0.147 e. The molecular weight excluding hydrogens is 278 g/mol. The molecule has 1 aliphatic rings. The molecule has 1 N–H and O–H groups in total. The van der Waals surface area contributed by atoms with Gasteiger partial charge in [-0.1, -0.05) is 6.42 Å². The van der Waals surface area contributed by atoms with Crippen molar-refractivity contribution >= 4 is 39.0 Å². The number of nitrogens with zero attached hydrogens (tertiary/aromatic N) is 2. The molecule has 3 nitrogen and oxygen atoms in total. The van der Waals surface area contributed by atoms with Crippen LogP contribution in [0.4, 0.5) is 5.82 Å². The summed E-state index contributed by atoms with van der Waals surface area (Å²) in [5.41, 5.74) is 2.30. The van der Waals surface area contributed by atoms with Crippen molar-refractivity contribution in [1.29, 1.82) is 0 Å². The van der Waals surface area contributed by atoms with Crippen LogP contribution in [-0.4, -0.2) is 22.4 Å². The molecule has 2 aromatic heterocycles. The molecule has 19 heavy (non-hydrogen) atoms. The second kappa shape index (κ2) is 5.63. The maximum atomic E-state index is 6.03. The minimum absolute atomic E-state index is 0.663. The summed E-state index contributed by atoms with van der Waals surface area (Å²) >= 11 is 7.75. The number of hydrogen-bond acceptors (Lipinski definition) is 4. The van der Waals surface area contributed by atoms with Gasteiger partial charge in [-0.25, -0.2) is 9.97 Å². The first kappa shape index (κ1) is 13.1. The van der Waals surface area contributed by atoms with Crippen LogP contribution in [0.1, 0.15) is 24.8 Å². The van der Waals surface area contributed by atoms with Crippen molar-refractivity contribution in [3.05, 3.63) is 17.3 Å². The summed E-state index contributed by atoms with van der Waals surface area (Å²) in [7, 11) is 0. The molecule has 0 radical (unpaired) electrons. The summed E-state index contributed by atoms with van der Waals surface area (Å²) in [6.45, 7) is 3.07. The molecule has 2 unspecified atom stereocenters. The molecule has 3 rings (SSSR count). The topological polar surface area (TPSA) is 37.8 Å². The number of anilines is 1. The van der Waals surface area contributed by atoms with Crippen molar-refractivity contribution in [2.75, 3.05) is 17.7 Å². The predicted octanol–water partition coefficient (Wildman–Crippen LogP) is 4.07. The van der Waals surface area contributed by atoms with E-state index >= 15 is 0 Å². The van der Waals surface area contributed by atoms with Gasteiger partial charge in [0.1, 0.15) is 12.1 Å². The summed E-state index contributed by atoms with van der Waals surface area (Å²) in [5, 5.41) is 5.65. The third-order valence-electron chi connectivity index (χ3n) is 4.08. The fourth-order valence-electron chi connectivity index (χ4n) is 2.91. The van der Waals surface area contributed by atoms with Gasteiger partial charge in [-0.05, 0) is 42.5 Å². The Kier molecular flexibility index (Phi) is 3.89. The molecule has 1 saturated carbocycles. The number of thiophene rings is 1. The molecule has 1 fully saturated rings. The Morgan fingerprint density at radius 2 is 2.21 bits per heavy atom. The van der Waals surface area contributed by atoms with Gasteiger partial charge in [0.25, 0.3) is 0 Å². The highest BCUT2D eigenvalue weighted by atomic mass is 35.5. The van der Waals surface area contributed by atoms with Crippen molar-refractivity contribution in [2.24, 2.45) is 11.8 Å². The summed E-state index contributed by atoms with van der Waals surface area (Å²) in [4.78, 5) is 8.74. The number of fused-ring (bicyclic) bond motifs is 1. The Morgan fingerprint density at radius 1 is 1.37 bits per heavy atom. The fourth-order valence-corrected chi connectivity index (χ4v) is 4.28. The number of halogens is 1. The molecule has 2 aromatic rings. The third kappa shape index (κ3) is 2.56. The van der Waals surface area contributed by atoms with E-state index in [-0.39, 0.29) is 0 Å². The number of rotatable bonds is 4. The lowest BCUT2D eigenvalue weighted by atomic mass is 9.98. The van der Waals surface area contributed by atoms with E-state index < -0.39 is 0 Å². The molecule has 1 aliphatic carbocycles. The summed E-state index contributed by atoms with van der Waals surface area (Å²) < 4.78 is 1.17. The van der Waals surface area contributed by atoms with Gasteiger partial charge >= 0.3 is 0 Å². The maximum absolute atomic E-state index is 6.03. The zero-order valence-corrected chi connectivity index (χ0v) is 12.6. The number of nitrogens with one attached hydrogen (secondary N) is 1. The van der Waals surface area contributed by atoms with Crippen molar-refractivity contribution in [3.8, 4) is 0 Å². The third-order valence-corrected chi connectivity index (χ3v) is 5.57. The monoisotopic (exact) mass is 295 g/mol. The Labute approximate surface area is 122 Å². The predicted molar refractivity (Wildman–Crippen MR) is 82.2 cm³/mol. The average molecular weight is 296 g/mol. The normalized spacial score (nSPS) is 23.1. The van der Waals surface area contributed by atoms with Gasteiger partial charge < -0.3 is 5.32 Å². The Balaban J connectivity index is 1.75. The molecule has 0 aliphatic heterocycles. The Hall–Kier alpha value is -0.870. The standard InChI is InChI=1S/C14H18ClN3S/c1-9-7-19-13-12(9)17-8-18-14(13)16-6-11-4-2-3-10(11)5-15/h7-8,10-11H,2-6H2,1H3,(H,16,17,18). The molecule has 0 aromatic carbocycles. The molecule has 0 amide bonds. The largest absolute Gasteiger partial charge is 0.368 e. The summed E-state index contributed by atoms with van der Waals surface area (Å²) in [5.74, 6) is 3.10. The SMILES string of the molecule is Cc1csc2c(NCC3CCCC3CCl)ncnc12. The van der Waals surface area contributed by atoms with E-state index in [4.69, 9.17) is 11.6 Å². The van der Waals surface area contributed by atoms with E-state index in [1.165, 1.54) is 29.5 Å². The molecular formula is C14H18ClN3S. The van der Waals surface area contributed by atoms with Gasteiger partial charge in [0.2, 0.25) is 0 Å². The van der Waals surface area contributed by atoms with Crippen LogP contribution >= 0.6 is 22.9 Å². The van der Waals surface area contributed by atoms with Crippen LogP contribution in [0.25, 0.3) is 10.2 Å². The lowest BCUT2D eigenvalue weighted by Crippen LogP contribution is -2.19. The average Bonchev–Trinajstić information content (AvgIpc) is 3.03. The van der Waals surface area contributed by atoms with E-state index in [0.29, 0.717) is 11.8 Å². The Bertz CT molecular complexity index is 569. The molecule has 5 heteroatoms. The minimum Gasteiger partial charge on any atom is -0.368 e. The summed E-state index contributed by atoms with van der Waals surface area (Å²) in [6.07, 6.45) is 5.51. The highest BCUT2D eigenvalue weighted by Crippen LogP contribution is 2.34. The number of alkyl halides is 1. The molecule has 2 atom stereocenters. The molecule has 0 spiro atoms. The molecule has 0 saturated heterocycles. The van der Waals surface area contributed by atoms with E-state index in [9.17, 15) is 0 Å². The lowest BCUT2D eigenvalue weighted by Gasteiger charge is -2.18. The molecule has 0 bridgehead atoms.